The van der Waals surface area contributed by atoms with Crippen LogP contribution in [-0.4, -0.2) is 24.1 Å². The molecule has 1 aromatic rings. The number of carbonyl (C=O) groups excluding carboxylic acids is 1. The SMILES string of the molecule is CCC(CC)(CN)NC(=O)C(C)Oc1ccc(F)cc1Cl. The average molecular weight is 317 g/mol. The Morgan fingerprint density at radius 1 is 1.48 bits per heavy atom. The molecule has 1 unspecified atom stereocenters. The van der Waals surface area contributed by atoms with E-state index in [0.29, 0.717) is 6.54 Å². The zero-order valence-electron chi connectivity index (χ0n) is 12.6. The van der Waals surface area contributed by atoms with Gasteiger partial charge in [0.1, 0.15) is 11.6 Å². The van der Waals surface area contributed by atoms with Gasteiger partial charge in [0.15, 0.2) is 6.10 Å². The lowest BCUT2D eigenvalue weighted by Gasteiger charge is -2.32. The third-order valence-corrected chi connectivity index (χ3v) is 3.99. The Kier molecular flexibility index (Phi) is 6.42. The summed E-state index contributed by atoms with van der Waals surface area (Å²) in [7, 11) is 0. The van der Waals surface area contributed by atoms with Crippen LogP contribution in [0.2, 0.25) is 5.02 Å². The summed E-state index contributed by atoms with van der Waals surface area (Å²) >= 11 is 5.88. The van der Waals surface area contributed by atoms with E-state index in [1.54, 1.807) is 6.92 Å². The van der Waals surface area contributed by atoms with Crippen molar-refractivity contribution in [2.75, 3.05) is 6.54 Å². The normalized spacial score (nSPS) is 12.9. The fourth-order valence-corrected chi connectivity index (χ4v) is 2.16. The van der Waals surface area contributed by atoms with Crippen molar-refractivity contribution in [2.45, 2.75) is 45.3 Å². The second-order valence-electron chi connectivity index (χ2n) is 5.02. The first kappa shape index (κ1) is 17.7. The minimum absolute atomic E-state index is 0.130. The van der Waals surface area contributed by atoms with Crippen molar-refractivity contribution < 1.29 is 13.9 Å². The Labute approximate surface area is 129 Å². The minimum Gasteiger partial charge on any atom is -0.479 e. The lowest BCUT2D eigenvalue weighted by atomic mass is 9.92. The molecule has 6 heteroatoms. The maximum absolute atomic E-state index is 13.0. The Balaban J connectivity index is 2.74. The molecule has 0 fully saturated rings. The van der Waals surface area contributed by atoms with Crippen LogP contribution < -0.4 is 15.8 Å². The summed E-state index contributed by atoms with van der Waals surface area (Å²) in [4.78, 5) is 12.2. The molecule has 1 amide bonds. The van der Waals surface area contributed by atoms with E-state index in [9.17, 15) is 9.18 Å². The van der Waals surface area contributed by atoms with Gasteiger partial charge in [-0.25, -0.2) is 4.39 Å². The van der Waals surface area contributed by atoms with Crippen LogP contribution in [0.1, 0.15) is 33.6 Å². The molecule has 1 rings (SSSR count). The summed E-state index contributed by atoms with van der Waals surface area (Å²) in [6.07, 6.45) is 0.711. The molecule has 0 bridgehead atoms. The maximum atomic E-state index is 13.0. The molecule has 0 radical (unpaired) electrons. The Hall–Kier alpha value is -1.33. The monoisotopic (exact) mass is 316 g/mol. The highest BCUT2D eigenvalue weighted by Gasteiger charge is 2.29. The summed E-state index contributed by atoms with van der Waals surface area (Å²) in [5.41, 5.74) is 5.32. The van der Waals surface area contributed by atoms with E-state index in [-0.39, 0.29) is 16.7 Å². The highest BCUT2D eigenvalue weighted by Crippen LogP contribution is 2.26. The molecule has 0 saturated carbocycles. The van der Waals surface area contributed by atoms with Gasteiger partial charge < -0.3 is 15.8 Å². The van der Waals surface area contributed by atoms with Crippen molar-refractivity contribution in [2.24, 2.45) is 5.73 Å². The van der Waals surface area contributed by atoms with E-state index < -0.39 is 17.5 Å². The predicted molar refractivity (Wildman–Crippen MR) is 82.0 cm³/mol. The summed E-state index contributed by atoms with van der Waals surface area (Å²) in [6.45, 7) is 5.91. The van der Waals surface area contributed by atoms with Crippen molar-refractivity contribution in [1.82, 2.24) is 5.32 Å². The first-order valence-corrected chi connectivity index (χ1v) is 7.39. The second-order valence-corrected chi connectivity index (χ2v) is 5.42. The van der Waals surface area contributed by atoms with Crippen LogP contribution >= 0.6 is 11.6 Å². The van der Waals surface area contributed by atoms with Crippen LogP contribution in [0.4, 0.5) is 4.39 Å². The molecular weight excluding hydrogens is 295 g/mol. The Morgan fingerprint density at radius 3 is 2.57 bits per heavy atom. The van der Waals surface area contributed by atoms with Crippen molar-refractivity contribution in [3.8, 4) is 5.75 Å². The summed E-state index contributed by atoms with van der Waals surface area (Å²) in [5.74, 6) is -0.458. The highest BCUT2D eigenvalue weighted by molar-refractivity contribution is 6.32. The molecule has 0 aliphatic rings. The summed E-state index contributed by atoms with van der Waals surface area (Å²) < 4.78 is 18.5. The highest BCUT2D eigenvalue weighted by atomic mass is 35.5. The molecule has 4 nitrogen and oxygen atoms in total. The lowest BCUT2D eigenvalue weighted by molar-refractivity contribution is -0.129. The zero-order valence-corrected chi connectivity index (χ0v) is 13.3. The van der Waals surface area contributed by atoms with Gasteiger partial charge in [-0.1, -0.05) is 25.4 Å². The number of nitrogens with two attached hydrogens (primary N) is 1. The van der Waals surface area contributed by atoms with E-state index in [1.807, 2.05) is 13.8 Å². The van der Waals surface area contributed by atoms with Crippen LogP contribution in [0.15, 0.2) is 18.2 Å². The minimum atomic E-state index is -0.753. The third kappa shape index (κ3) is 4.58. The average Bonchev–Trinajstić information content (AvgIpc) is 2.47. The van der Waals surface area contributed by atoms with Crippen molar-refractivity contribution >= 4 is 17.5 Å². The topological polar surface area (TPSA) is 64.3 Å². The van der Waals surface area contributed by atoms with Gasteiger partial charge in [-0.05, 0) is 38.0 Å². The molecule has 0 heterocycles. The largest absolute Gasteiger partial charge is 0.479 e. The number of rotatable bonds is 7. The first-order valence-electron chi connectivity index (χ1n) is 7.01. The number of ether oxygens (including phenoxy) is 1. The van der Waals surface area contributed by atoms with Crippen molar-refractivity contribution in [3.63, 3.8) is 0 Å². The van der Waals surface area contributed by atoms with Crippen LogP contribution in [0, 0.1) is 5.82 Å². The van der Waals surface area contributed by atoms with Crippen LogP contribution in [0.5, 0.6) is 5.75 Å². The number of halogens is 2. The molecule has 118 valence electrons. The lowest BCUT2D eigenvalue weighted by Crippen LogP contribution is -2.55. The quantitative estimate of drug-likeness (QED) is 0.813. The van der Waals surface area contributed by atoms with Crippen LogP contribution in [0.25, 0.3) is 0 Å². The number of benzene rings is 1. The van der Waals surface area contributed by atoms with Crippen molar-refractivity contribution in [1.29, 1.82) is 0 Å². The van der Waals surface area contributed by atoms with E-state index in [0.717, 1.165) is 18.9 Å². The number of carbonyl (C=O) groups is 1. The number of nitrogens with one attached hydrogen (secondary N) is 1. The molecule has 0 saturated heterocycles. The van der Waals surface area contributed by atoms with Gasteiger partial charge in [-0.3, -0.25) is 4.79 Å². The first-order chi connectivity index (χ1) is 9.87. The second kappa shape index (κ2) is 7.61. The molecular formula is C15H22ClFN2O2. The molecule has 3 N–H and O–H groups in total. The number of amides is 1. The molecule has 0 aromatic heterocycles. The molecule has 0 aliphatic carbocycles. The Bertz CT molecular complexity index is 484. The van der Waals surface area contributed by atoms with Gasteiger partial charge in [-0.15, -0.1) is 0 Å². The fourth-order valence-electron chi connectivity index (χ4n) is 1.94. The predicted octanol–water partition coefficient (Wildman–Crippen LogP) is 2.88. The van der Waals surface area contributed by atoms with Gasteiger partial charge in [0.05, 0.1) is 10.6 Å². The molecule has 1 aromatic carbocycles. The van der Waals surface area contributed by atoms with Crippen LogP contribution in [0.3, 0.4) is 0 Å². The van der Waals surface area contributed by atoms with Gasteiger partial charge in [0.2, 0.25) is 0 Å². The molecule has 1 atom stereocenters. The van der Waals surface area contributed by atoms with E-state index in [4.69, 9.17) is 22.1 Å². The maximum Gasteiger partial charge on any atom is 0.261 e. The van der Waals surface area contributed by atoms with E-state index in [1.165, 1.54) is 12.1 Å². The number of hydrogen-bond acceptors (Lipinski definition) is 3. The zero-order chi connectivity index (χ0) is 16.0. The summed E-state index contributed by atoms with van der Waals surface area (Å²) in [6, 6.07) is 3.77. The van der Waals surface area contributed by atoms with E-state index in [2.05, 4.69) is 5.32 Å². The molecule has 21 heavy (non-hydrogen) atoms. The van der Waals surface area contributed by atoms with Gasteiger partial charge in [-0.2, -0.15) is 0 Å². The van der Waals surface area contributed by atoms with Gasteiger partial charge in [0.25, 0.3) is 5.91 Å². The standard InChI is InChI=1S/C15H22ClFN2O2/c1-4-15(5-2,9-18)19-14(20)10(3)21-13-7-6-11(17)8-12(13)16/h6-8,10H,4-5,9,18H2,1-3H3,(H,19,20). The fraction of sp³-hybridized carbons (Fsp3) is 0.533. The van der Waals surface area contributed by atoms with Gasteiger partial charge in [0, 0.05) is 6.54 Å². The van der Waals surface area contributed by atoms with Crippen LogP contribution in [-0.2, 0) is 4.79 Å². The van der Waals surface area contributed by atoms with Crippen molar-refractivity contribution in [3.05, 3.63) is 29.0 Å². The third-order valence-electron chi connectivity index (χ3n) is 3.70. The molecule has 0 aliphatic heterocycles. The molecule has 0 spiro atoms. The number of hydrogen-bond donors (Lipinski definition) is 2. The Morgan fingerprint density at radius 2 is 2.10 bits per heavy atom. The van der Waals surface area contributed by atoms with Gasteiger partial charge >= 0.3 is 0 Å². The smallest absolute Gasteiger partial charge is 0.261 e. The van der Waals surface area contributed by atoms with E-state index >= 15 is 0 Å². The summed E-state index contributed by atoms with van der Waals surface area (Å²) in [5, 5.41) is 3.05.